The zero-order valence-electron chi connectivity index (χ0n) is 11.9. The average Bonchev–Trinajstić information content (AvgIpc) is 2.43. The Hall–Kier alpha value is -0.990. The molecular formula is C17H18BrClO. The Morgan fingerprint density at radius 1 is 1.10 bits per heavy atom. The van der Waals surface area contributed by atoms with Crippen LogP contribution in [0.2, 0.25) is 0 Å². The third-order valence-corrected chi connectivity index (χ3v) is 4.22. The molecule has 1 unspecified atom stereocenters. The highest BCUT2D eigenvalue weighted by Crippen LogP contribution is 2.38. The lowest BCUT2D eigenvalue weighted by Gasteiger charge is -2.18. The Balaban J connectivity index is 2.49. The maximum Gasteiger partial charge on any atom is 0.124 e. The first-order chi connectivity index (χ1) is 9.52. The first-order valence-electron chi connectivity index (χ1n) is 6.66. The number of benzene rings is 2. The molecule has 1 atom stereocenters. The fourth-order valence-corrected chi connectivity index (χ4v) is 2.99. The molecule has 2 rings (SSSR count). The molecule has 0 aliphatic carbocycles. The van der Waals surface area contributed by atoms with E-state index in [2.05, 4.69) is 48.0 Å². The molecule has 0 heterocycles. The predicted octanol–water partition coefficient (Wildman–Crippen LogP) is 5.79. The van der Waals surface area contributed by atoms with Crippen molar-refractivity contribution in [3.8, 4) is 5.75 Å². The summed E-state index contributed by atoms with van der Waals surface area (Å²) in [7, 11) is 0. The van der Waals surface area contributed by atoms with Gasteiger partial charge in [0.05, 0.1) is 12.0 Å². The highest BCUT2D eigenvalue weighted by Gasteiger charge is 2.18. The Bertz CT molecular complexity index is 610. The topological polar surface area (TPSA) is 9.23 Å². The molecular weight excluding hydrogens is 336 g/mol. The summed E-state index contributed by atoms with van der Waals surface area (Å²) in [6.07, 6.45) is 0. The van der Waals surface area contributed by atoms with Gasteiger partial charge in [-0.05, 0) is 50.1 Å². The fraction of sp³-hybridized carbons (Fsp3) is 0.294. The molecule has 0 saturated carbocycles. The summed E-state index contributed by atoms with van der Waals surface area (Å²) in [5, 5.41) is -0.214. The molecule has 0 bridgehead atoms. The van der Waals surface area contributed by atoms with E-state index in [1.165, 1.54) is 11.1 Å². The molecule has 0 aliphatic rings. The van der Waals surface area contributed by atoms with Crippen molar-refractivity contribution < 1.29 is 4.74 Å². The van der Waals surface area contributed by atoms with E-state index in [1.807, 2.05) is 25.1 Å². The second kappa shape index (κ2) is 6.64. The van der Waals surface area contributed by atoms with E-state index in [0.717, 1.165) is 21.3 Å². The van der Waals surface area contributed by atoms with Crippen molar-refractivity contribution in [2.24, 2.45) is 0 Å². The SMILES string of the molecule is CCOc1ccc(Br)cc1C(Cl)c1cc(C)ccc1C. The van der Waals surface area contributed by atoms with E-state index in [9.17, 15) is 0 Å². The van der Waals surface area contributed by atoms with Gasteiger partial charge in [-0.25, -0.2) is 0 Å². The Kier molecular flexibility index (Phi) is 5.11. The van der Waals surface area contributed by atoms with Gasteiger partial charge in [-0.2, -0.15) is 0 Å². The van der Waals surface area contributed by atoms with Crippen molar-refractivity contribution in [2.75, 3.05) is 6.61 Å². The largest absolute Gasteiger partial charge is 0.494 e. The number of rotatable bonds is 4. The van der Waals surface area contributed by atoms with Gasteiger partial charge in [0.2, 0.25) is 0 Å². The Morgan fingerprint density at radius 3 is 2.55 bits per heavy atom. The van der Waals surface area contributed by atoms with Crippen molar-refractivity contribution in [3.05, 3.63) is 63.1 Å². The molecule has 0 N–H and O–H groups in total. The minimum atomic E-state index is -0.214. The van der Waals surface area contributed by atoms with Gasteiger partial charge in [-0.15, -0.1) is 11.6 Å². The number of hydrogen-bond acceptors (Lipinski definition) is 1. The van der Waals surface area contributed by atoms with Crippen LogP contribution in [0.15, 0.2) is 40.9 Å². The normalized spacial score (nSPS) is 12.2. The second-order valence-electron chi connectivity index (χ2n) is 4.84. The molecule has 2 aromatic carbocycles. The smallest absolute Gasteiger partial charge is 0.124 e. The second-order valence-corrected chi connectivity index (χ2v) is 6.19. The van der Waals surface area contributed by atoms with Crippen LogP contribution in [-0.2, 0) is 0 Å². The van der Waals surface area contributed by atoms with E-state index in [0.29, 0.717) is 6.61 Å². The maximum atomic E-state index is 6.72. The molecule has 0 amide bonds. The molecule has 0 radical (unpaired) electrons. The van der Waals surface area contributed by atoms with Crippen LogP contribution in [0.3, 0.4) is 0 Å². The van der Waals surface area contributed by atoms with Crippen LogP contribution < -0.4 is 4.74 Å². The standard InChI is InChI=1S/C17H18BrClO/c1-4-20-16-8-7-13(18)10-15(16)17(19)14-9-11(2)5-6-12(14)3/h5-10,17H,4H2,1-3H3. The predicted molar refractivity (Wildman–Crippen MR) is 88.9 cm³/mol. The summed E-state index contributed by atoms with van der Waals surface area (Å²) in [4.78, 5) is 0. The van der Waals surface area contributed by atoms with Crippen LogP contribution in [0.5, 0.6) is 5.75 Å². The molecule has 20 heavy (non-hydrogen) atoms. The Labute approximate surface area is 134 Å². The molecule has 1 nitrogen and oxygen atoms in total. The lowest BCUT2D eigenvalue weighted by Crippen LogP contribution is -2.02. The third-order valence-electron chi connectivity index (χ3n) is 3.25. The Morgan fingerprint density at radius 2 is 1.85 bits per heavy atom. The fourth-order valence-electron chi connectivity index (χ4n) is 2.20. The van der Waals surface area contributed by atoms with Crippen LogP contribution in [-0.4, -0.2) is 6.61 Å². The molecule has 0 spiro atoms. The van der Waals surface area contributed by atoms with Crippen molar-refractivity contribution in [3.63, 3.8) is 0 Å². The number of aryl methyl sites for hydroxylation is 2. The minimum Gasteiger partial charge on any atom is -0.494 e. The molecule has 3 heteroatoms. The van der Waals surface area contributed by atoms with Crippen LogP contribution >= 0.6 is 27.5 Å². The first-order valence-corrected chi connectivity index (χ1v) is 7.89. The van der Waals surface area contributed by atoms with Crippen LogP contribution in [0.4, 0.5) is 0 Å². The van der Waals surface area contributed by atoms with Gasteiger partial charge in [0, 0.05) is 10.0 Å². The summed E-state index contributed by atoms with van der Waals surface area (Å²) < 4.78 is 6.71. The average molecular weight is 354 g/mol. The van der Waals surface area contributed by atoms with E-state index < -0.39 is 0 Å². The van der Waals surface area contributed by atoms with E-state index >= 15 is 0 Å². The van der Waals surface area contributed by atoms with Gasteiger partial charge in [0.15, 0.2) is 0 Å². The van der Waals surface area contributed by atoms with Crippen molar-refractivity contribution in [1.82, 2.24) is 0 Å². The molecule has 106 valence electrons. The van der Waals surface area contributed by atoms with Crippen LogP contribution in [0.25, 0.3) is 0 Å². The monoisotopic (exact) mass is 352 g/mol. The van der Waals surface area contributed by atoms with Gasteiger partial charge in [-0.3, -0.25) is 0 Å². The van der Waals surface area contributed by atoms with Crippen molar-refractivity contribution in [2.45, 2.75) is 26.1 Å². The number of ether oxygens (including phenoxy) is 1. The molecule has 0 fully saturated rings. The third kappa shape index (κ3) is 3.36. The van der Waals surface area contributed by atoms with Crippen LogP contribution in [0, 0.1) is 13.8 Å². The molecule has 0 aliphatic heterocycles. The summed E-state index contributed by atoms with van der Waals surface area (Å²) in [5.41, 5.74) is 4.53. The quantitative estimate of drug-likeness (QED) is 0.632. The lowest BCUT2D eigenvalue weighted by molar-refractivity contribution is 0.337. The number of hydrogen-bond donors (Lipinski definition) is 0. The number of halogens is 2. The molecule has 0 aromatic heterocycles. The van der Waals surface area contributed by atoms with Crippen LogP contribution in [0.1, 0.15) is 34.6 Å². The van der Waals surface area contributed by atoms with Gasteiger partial charge in [0.1, 0.15) is 5.75 Å². The van der Waals surface area contributed by atoms with E-state index in [1.54, 1.807) is 0 Å². The highest BCUT2D eigenvalue weighted by molar-refractivity contribution is 9.10. The highest BCUT2D eigenvalue weighted by atomic mass is 79.9. The van der Waals surface area contributed by atoms with E-state index in [-0.39, 0.29) is 5.38 Å². The summed E-state index contributed by atoms with van der Waals surface area (Å²) in [5.74, 6) is 0.844. The minimum absolute atomic E-state index is 0.214. The van der Waals surface area contributed by atoms with Gasteiger partial charge in [-0.1, -0.05) is 39.7 Å². The molecule has 2 aromatic rings. The first kappa shape index (κ1) is 15.4. The summed E-state index contributed by atoms with van der Waals surface area (Å²) >= 11 is 10.2. The van der Waals surface area contributed by atoms with Gasteiger partial charge in [0.25, 0.3) is 0 Å². The molecule has 0 saturated heterocycles. The zero-order chi connectivity index (χ0) is 14.7. The van der Waals surface area contributed by atoms with Gasteiger partial charge >= 0.3 is 0 Å². The lowest BCUT2D eigenvalue weighted by atomic mass is 9.97. The summed E-state index contributed by atoms with van der Waals surface area (Å²) in [6.45, 7) is 6.78. The zero-order valence-corrected chi connectivity index (χ0v) is 14.3. The summed E-state index contributed by atoms with van der Waals surface area (Å²) in [6, 6.07) is 12.3. The van der Waals surface area contributed by atoms with Crippen molar-refractivity contribution >= 4 is 27.5 Å². The van der Waals surface area contributed by atoms with Crippen molar-refractivity contribution in [1.29, 1.82) is 0 Å². The van der Waals surface area contributed by atoms with Gasteiger partial charge < -0.3 is 4.74 Å². The van der Waals surface area contributed by atoms with E-state index in [4.69, 9.17) is 16.3 Å². The number of alkyl halides is 1. The maximum absolute atomic E-state index is 6.72.